The molecule has 0 aliphatic carbocycles. The lowest BCUT2D eigenvalue weighted by molar-refractivity contribution is -0.383. The molecule has 152 valence electrons. The van der Waals surface area contributed by atoms with E-state index >= 15 is 0 Å². The highest BCUT2D eigenvalue weighted by atomic mass is 16.6. The van der Waals surface area contributed by atoms with Crippen LogP contribution in [0.5, 0.6) is 5.75 Å². The number of amides is 1. The molecule has 0 spiro atoms. The molecule has 2 aromatic carbocycles. The number of phenolic OH excluding ortho intramolecular Hbond substituents is 1. The van der Waals surface area contributed by atoms with Crippen LogP contribution >= 0.6 is 0 Å². The normalized spacial score (nSPS) is 11.4. The molecule has 0 saturated carbocycles. The molecule has 0 aliphatic rings. The van der Waals surface area contributed by atoms with Crippen LogP contribution < -0.4 is 5.32 Å². The first-order valence-corrected chi connectivity index (χ1v) is 9.62. The molecular weight excluding hydrogens is 382 g/mol. The van der Waals surface area contributed by atoms with Crippen molar-refractivity contribution in [2.24, 2.45) is 0 Å². The average Bonchev–Trinajstić information content (AvgIpc) is 2.76. The third kappa shape index (κ3) is 4.73. The van der Waals surface area contributed by atoms with Crippen LogP contribution in [0.1, 0.15) is 43.4 Å². The van der Waals surface area contributed by atoms with Gasteiger partial charge in [0.25, 0.3) is 5.69 Å². The Kier molecular flexibility index (Phi) is 6.60. The highest BCUT2D eigenvalue weighted by Gasteiger charge is 2.24. The highest BCUT2D eigenvalue weighted by Crippen LogP contribution is 2.37. The van der Waals surface area contributed by atoms with Crippen LogP contribution in [-0.4, -0.2) is 20.9 Å². The molecule has 30 heavy (non-hydrogen) atoms. The summed E-state index contributed by atoms with van der Waals surface area (Å²) in [5.74, 6) is 5.42. The number of hydrogen-bond acceptors (Lipinski definition) is 5. The molecule has 1 amide bonds. The molecule has 2 N–H and O–H groups in total. The zero-order valence-electron chi connectivity index (χ0n) is 16.5. The van der Waals surface area contributed by atoms with Crippen molar-refractivity contribution in [3.63, 3.8) is 0 Å². The largest absolute Gasteiger partial charge is 0.505 e. The molecule has 3 aromatic rings. The van der Waals surface area contributed by atoms with Crippen molar-refractivity contribution in [3.05, 3.63) is 76.0 Å². The Morgan fingerprint density at radius 1 is 1.27 bits per heavy atom. The number of nitrogens with one attached hydrogen (secondary N) is 1. The maximum Gasteiger partial charge on any atom is 0.279 e. The van der Waals surface area contributed by atoms with E-state index in [-0.39, 0.29) is 33.8 Å². The molecular formula is C23H21N3O4. The van der Waals surface area contributed by atoms with Crippen molar-refractivity contribution < 1.29 is 14.8 Å². The van der Waals surface area contributed by atoms with Gasteiger partial charge in [0, 0.05) is 29.8 Å². The minimum atomic E-state index is -0.931. The average molecular weight is 403 g/mol. The van der Waals surface area contributed by atoms with Gasteiger partial charge in [-0.3, -0.25) is 19.9 Å². The summed E-state index contributed by atoms with van der Waals surface area (Å²) in [6.07, 6.45) is 3.30. The summed E-state index contributed by atoms with van der Waals surface area (Å²) >= 11 is 0. The minimum absolute atomic E-state index is 0.0935. The smallest absolute Gasteiger partial charge is 0.279 e. The topological polar surface area (TPSA) is 105 Å². The number of nitro groups is 1. The van der Waals surface area contributed by atoms with Gasteiger partial charge in [-0.15, -0.1) is 0 Å². The second-order valence-corrected chi connectivity index (χ2v) is 6.73. The number of carbonyl (C=O) groups is 1. The van der Waals surface area contributed by atoms with Gasteiger partial charge in [-0.1, -0.05) is 43.4 Å². The van der Waals surface area contributed by atoms with E-state index in [1.807, 2.05) is 37.3 Å². The van der Waals surface area contributed by atoms with Gasteiger partial charge in [0.1, 0.15) is 17.3 Å². The summed E-state index contributed by atoms with van der Waals surface area (Å²) < 4.78 is 0. The first-order chi connectivity index (χ1) is 14.5. The molecule has 0 aliphatic heterocycles. The van der Waals surface area contributed by atoms with Crippen LogP contribution in [-0.2, 0) is 4.79 Å². The summed E-state index contributed by atoms with van der Waals surface area (Å²) in [6.45, 7) is 1.98. The fourth-order valence-corrected chi connectivity index (χ4v) is 3.04. The zero-order chi connectivity index (χ0) is 21.5. The lowest BCUT2D eigenvalue weighted by atomic mass is 10.0. The Hall–Kier alpha value is -3.92. The van der Waals surface area contributed by atoms with E-state index < -0.39 is 11.0 Å². The number of phenols is 1. The highest BCUT2D eigenvalue weighted by molar-refractivity contribution is 5.94. The van der Waals surface area contributed by atoms with Crippen molar-refractivity contribution in [2.45, 2.75) is 32.2 Å². The maximum atomic E-state index is 12.4. The summed E-state index contributed by atoms with van der Waals surface area (Å²) in [5.41, 5.74) is 0.746. The van der Waals surface area contributed by atoms with Gasteiger partial charge in [-0.05, 0) is 30.7 Å². The third-order valence-corrected chi connectivity index (χ3v) is 4.58. The lowest BCUT2D eigenvalue weighted by Crippen LogP contribution is -2.27. The number of hydrogen-bond donors (Lipinski definition) is 2. The fourth-order valence-electron chi connectivity index (χ4n) is 3.04. The molecule has 1 aromatic heterocycles. The second-order valence-electron chi connectivity index (χ2n) is 6.73. The molecule has 1 heterocycles. The number of nitro benzene ring substituents is 1. The van der Waals surface area contributed by atoms with Crippen molar-refractivity contribution >= 4 is 22.5 Å². The number of non-ortho nitro benzene ring substituents is 1. The molecule has 7 heteroatoms. The second kappa shape index (κ2) is 9.52. The standard InChI is InChI=1S/C23H21N3O4/c1-2-3-11-21(27)25-19(13-12-16-8-5-4-6-9-16)18-15-20(26(29)30)17-10-7-14-24-22(17)23(18)28/h4-10,14-15,19,28H,2-3,11H2,1H3,(H,25,27). The molecule has 0 fully saturated rings. The van der Waals surface area contributed by atoms with Gasteiger partial charge < -0.3 is 10.4 Å². The van der Waals surface area contributed by atoms with Crippen molar-refractivity contribution in [1.29, 1.82) is 0 Å². The summed E-state index contributed by atoms with van der Waals surface area (Å²) in [6, 6.07) is 12.6. The van der Waals surface area contributed by atoms with E-state index in [9.17, 15) is 20.0 Å². The van der Waals surface area contributed by atoms with Crippen LogP contribution in [0, 0.1) is 22.0 Å². The van der Waals surface area contributed by atoms with Crippen molar-refractivity contribution in [2.75, 3.05) is 0 Å². The van der Waals surface area contributed by atoms with E-state index in [0.717, 1.165) is 12.0 Å². The number of unbranched alkanes of at least 4 members (excludes halogenated alkanes) is 1. The molecule has 0 saturated heterocycles. The first kappa shape index (κ1) is 20.8. The fraction of sp³-hybridized carbons (Fsp3) is 0.217. The number of carbonyl (C=O) groups excluding carboxylic acids is 1. The van der Waals surface area contributed by atoms with Gasteiger partial charge in [0.2, 0.25) is 5.91 Å². The molecule has 7 nitrogen and oxygen atoms in total. The Balaban J connectivity index is 2.11. The zero-order valence-corrected chi connectivity index (χ0v) is 16.5. The predicted molar refractivity (Wildman–Crippen MR) is 114 cm³/mol. The van der Waals surface area contributed by atoms with E-state index in [4.69, 9.17) is 0 Å². The van der Waals surface area contributed by atoms with E-state index in [2.05, 4.69) is 22.1 Å². The van der Waals surface area contributed by atoms with Gasteiger partial charge in [0.05, 0.1) is 10.3 Å². The minimum Gasteiger partial charge on any atom is -0.505 e. The van der Waals surface area contributed by atoms with Crippen LogP contribution in [0.15, 0.2) is 54.7 Å². The van der Waals surface area contributed by atoms with Gasteiger partial charge in [-0.25, -0.2) is 0 Å². The Morgan fingerprint density at radius 3 is 2.73 bits per heavy atom. The van der Waals surface area contributed by atoms with E-state index in [1.165, 1.54) is 18.3 Å². The maximum absolute atomic E-state index is 12.4. The Labute approximate surface area is 173 Å². The lowest BCUT2D eigenvalue weighted by Gasteiger charge is -2.16. The number of aromatic hydroxyl groups is 1. The number of pyridine rings is 1. The third-order valence-electron chi connectivity index (χ3n) is 4.58. The first-order valence-electron chi connectivity index (χ1n) is 9.62. The number of fused-ring (bicyclic) bond motifs is 1. The van der Waals surface area contributed by atoms with E-state index in [0.29, 0.717) is 12.8 Å². The van der Waals surface area contributed by atoms with Crippen molar-refractivity contribution in [1.82, 2.24) is 10.3 Å². The number of aromatic nitrogens is 1. The van der Waals surface area contributed by atoms with Gasteiger partial charge in [0.15, 0.2) is 0 Å². The van der Waals surface area contributed by atoms with Crippen LogP contribution in [0.3, 0.4) is 0 Å². The predicted octanol–water partition coefficient (Wildman–Crippen LogP) is 4.25. The van der Waals surface area contributed by atoms with E-state index in [1.54, 1.807) is 6.07 Å². The number of benzene rings is 2. The van der Waals surface area contributed by atoms with Crippen LogP contribution in [0.25, 0.3) is 10.9 Å². The Bertz CT molecular complexity index is 1130. The van der Waals surface area contributed by atoms with Gasteiger partial charge in [-0.2, -0.15) is 0 Å². The SMILES string of the molecule is CCCCC(=O)NC(C#Cc1ccccc1)c1cc([N+](=O)[O-])c2cccnc2c1O. The molecule has 3 rings (SSSR count). The van der Waals surface area contributed by atoms with Gasteiger partial charge >= 0.3 is 0 Å². The quantitative estimate of drug-likeness (QED) is 0.364. The molecule has 0 bridgehead atoms. The monoisotopic (exact) mass is 403 g/mol. The summed E-state index contributed by atoms with van der Waals surface area (Å²) in [5, 5.41) is 25.4. The number of rotatable bonds is 6. The van der Waals surface area contributed by atoms with Crippen LogP contribution in [0.4, 0.5) is 5.69 Å². The Morgan fingerprint density at radius 2 is 2.03 bits per heavy atom. The summed E-state index contributed by atoms with van der Waals surface area (Å²) in [4.78, 5) is 27.6. The molecule has 1 unspecified atom stereocenters. The number of nitrogens with zero attached hydrogens (tertiary/aromatic N) is 2. The molecule has 0 radical (unpaired) electrons. The van der Waals surface area contributed by atoms with Crippen LogP contribution in [0.2, 0.25) is 0 Å². The molecule has 1 atom stereocenters. The summed E-state index contributed by atoms with van der Waals surface area (Å²) in [7, 11) is 0. The van der Waals surface area contributed by atoms with Crippen molar-refractivity contribution in [3.8, 4) is 17.6 Å².